The first-order chi connectivity index (χ1) is 8.93. The molecule has 2 rings (SSSR count). The van der Waals surface area contributed by atoms with Crippen LogP contribution in [0.2, 0.25) is 0 Å². The van der Waals surface area contributed by atoms with Crippen molar-refractivity contribution in [2.24, 2.45) is 0 Å². The molecular weight excluding hydrogens is 262 g/mol. The number of aromatic nitrogens is 3. The molecule has 3 N–H and O–H groups in total. The van der Waals surface area contributed by atoms with Gasteiger partial charge in [-0.25, -0.2) is 0 Å². The highest BCUT2D eigenvalue weighted by Gasteiger charge is 2.29. The van der Waals surface area contributed by atoms with Gasteiger partial charge in [0.1, 0.15) is 0 Å². The fraction of sp³-hybridized carbons (Fsp3) is 0.750. The lowest BCUT2D eigenvalue weighted by molar-refractivity contribution is -0.120. The largest absolute Gasteiger partial charge is 0.368 e. The molecule has 0 saturated heterocycles. The Labute approximate surface area is 117 Å². The lowest BCUT2D eigenvalue weighted by Gasteiger charge is -2.24. The monoisotopic (exact) mass is 283 g/mol. The van der Waals surface area contributed by atoms with Crippen molar-refractivity contribution in [1.82, 2.24) is 20.1 Å². The molecule has 0 radical (unpaired) electrons. The van der Waals surface area contributed by atoms with E-state index >= 15 is 0 Å². The summed E-state index contributed by atoms with van der Waals surface area (Å²) in [5.74, 6) is 0.800. The van der Waals surface area contributed by atoms with Gasteiger partial charge >= 0.3 is 0 Å². The number of nitrogen functional groups attached to an aromatic ring is 1. The average molecular weight is 283 g/mol. The van der Waals surface area contributed by atoms with Crippen LogP contribution < -0.4 is 11.1 Å². The molecule has 0 bridgehead atoms. The molecule has 1 saturated carbocycles. The van der Waals surface area contributed by atoms with Gasteiger partial charge in [0.2, 0.25) is 11.9 Å². The van der Waals surface area contributed by atoms with Gasteiger partial charge in [0.05, 0.1) is 5.75 Å². The Morgan fingerprint density at radius 1 is 1.53 bits per heavy atom. The molecule has 1 fully saturated rings. The second-order valence-corrected chi connectivity index (χ2v) is 6.46. The predicted octanol–water partition coefficient (Wildman–Crippen LogP) is 1.59. The minimum Gasteiger partial charge on any atom is -0.368 e. The van der Waals surface area contributed by atoms with Crippen molar-refractivity contribution in [1.29, 1.82) is 0 Å². The van der Waals surface area contributed by atoms with Gasteiger partial charge in [0, 0.05) is 11.6 Å². The number of thioether (sulfide) groups is 1. The lowest BCUT2D eigenvalue weighted by atomic mass is 10.0. The fourth-order valence-corrected chi connectivity index (χ4v) is 2.51. The molecule has 1 aliphatic carbocycles. The van der Waals surface area contributed by atoms with Gasteiger partial charge in [0.15, 0.2) is 5.16 Å². The quantitative estimate of drug-likeness (QED) is 0.774. The van der Waals surface area contributed by atoms with E-state index in [-0.39, 0.29) is 11.4 Å². The number of hydrogen-bond acceptors (Lipinski definition) is 5. The third-order valence-corrected chi connectivity index (χ3v) is 4.24. The van der Waals surface area contributed by atoms with E-state index < -0.39 is 0 Å². The molecule has 1 aliphatic rings. The Kier molecular flexibility index (Phi) is 4.03. The molecule has 0 atom stereocenters. The van der Waals surface area contributed by atoms with Crippen molar-refractivity contribution < 1.29 is 4.79 Å². The molecule has 0 aliphatic heterocycles. The summed E-state index contributed by atoms with van der Waals surface area (Å²) in [7, 11) is 0. The zero-order chi connectivity index (χ0) is 14.0. The Balaban J connectivity index is 1.90. The second kappa shape index (κ2) is 5.40. The highest BCUT2D eigenvalue weighted by Crippen LogP contribution is 2.39. The molecule has 1 amide bonds. The van der Waals surface area contributed by atoms with Gasteiger partial charge in [-0.1, -0.05) is 18.7 Å². The topological polar surface area (TPSA) is 85.8 Å². The number of nitrogens with two attached hydrogens (primary N) is 1. The number of nitrogens with one attached hydrogen (secondary N) is 1. The van der Waals surface area contributed by atoms with Gasteiger partial charge in [-0.15, -0.1) is 10.2 Å². The minimum absolute atomic E-state index is 0.0146. The van der Waals surface area contributed by atoms with E-state index in [1.165, 1.54) is 11.8 Å². The molecule has 6 nitrogen and oxygen atoms in total. The number of anilines is 1. The fourth-order valence-electron chi connectivity index (χ4n) is 1.69. The zero-order valence-electron chi connectivity index (χ0n) is 11.6. The summed E-state index contributed by atoms with van der Waals surface area (Å²) < 4.78 is 1.93. The first-order valence-electron chi connectivity index (χ1n) is 6.57. The number of nitrogens with zero attached hydrogens (tertiary/aromatic N) is 3. The van der Waals surface area contributed by atoms with Crippen LogP contribution in [0.5, 0.6) is 0 Å². The van der Waals surface area contributed by atoms with Crippen molar-refractivity contribution in [3.8, 4) is 0 Å². The number of carbonyl (C=O) groups excluding carboxylic acids is 1. The first-order valence-corrected chi connectivity index (χ1v) is 7.55. The number of rotatable bonds is 6. The maximum atomic E-state index is 11.9. The van der Waals surface area contributed by atoms with Crippen LogP contribution in [0.3, 0.4) is 0 Å². The normalized spacial score (nSPS) is 15.5. The van der Waals surface area contributed by atoms with Gasteiger partial charge in [0.25, 0.3) is 0 Å². The highest BCUT2D eigenvalue weighted by molar-refractivity contribution is 7.99. The SMILES string of the molecule is CCC(C)(C)NC(=O)CSc1nnc(N)n1C1CC1. The van der Waals surface area contributed by atoms with Crippen molar-refractivity contribution in [3.63, 3.8) is 0 Å². The number of carbonyl (C=O) groups is 1. The number of hydrogen-bond donors (Lipinski definition) is 2. The van der Waals surface area contributed by atoms with Gasteiger partial charge in [-0.3, -0.25) is 9.36 Å². The summed E-state index contributed by atoms with van der Waals surface area (Å²) in [6, 6.07) is 0.424. The molecule has 0 unspecified atom stereocenters. The standard InChI is InChI=1S/C12H21N5OS/c1-4-12(2,3)14-9(18)7-19-11-16-15-10(13)17(11)8-5-6-8/h8H,4-7H2,1-3H3,(H2,13,15)(H,14,18). The molecule has 1 heterocycles. The van der Waals surface area contributed by atoms with Crippen molar-refractivity contribution >= 4 is 23.6 Å². The zero-order valence-corrected chi connectivity index (χ0v) is 12.5. The van der Waals surface area contributed by atoms with Crippen LogP contribution >= 0.6 is 11.8 Å². The van der Waals surface area contributed by atoms with Crippen LogP contribution in [-0.4, -0.2) is 32.0 Å². The average Bonchev–Trinajstić information content (AvgIpc) is 3.11. The molecule has 7 heteroatoms. The maximum Gasteiger partial charge on any atom is 0.230 e. The van der Waals surface area contributed by atoms with Crippen LogP contribution in [-0.2, 0) is 4.79 Å². The minimum atomic E-state index is -0.166. The van der Waals surface area contributed by atoms with Crippen LogP contribution in [0.25, 0.3) is 0 Å². The van der Waals surface area contributed by atoms with E-state index in [9.17, 15) is 4.79 Å². The summed E-state index contributed by atoms with van der Waals surface area (Å²) in [6.45, 7) is 6.08. The van der Waals surface area contributed by atoms with E-state index in [1.807, 2.05) is 18.4 Å². The van der Waals surface area contributed by atoms with Crippen molar-refractivity contribution in [2.45, 2.75) is 56.8 Å². The number of amides is 1. The van der Waals surface area contributed by atoms with Gasteiger partial charge in [-0.05, 0) is 33.1 Å². The predicted molar refractivity (Wildman–Crippen MR) is 75.9 cm³/mol. The third-order valence-electron chi connectivity index (χ3n) is 3.30. The first kappa shape index (κ1) is 14.2. The van der Waals surface area contributed by atoms with Crippen LogP contribution in [0.1, 0.15) is 46.1 Å². The van der Waals surface area contributed by atoms with Crippen LogP contribution in [0.15, 0.2) is 5.16 Å². The summed E-state index contributed by atoms with van der Waals surface area (Å²) in [5.41, 5.74) is 5.62. The van der Waals surface area contributed by atoms with Crippen molar-refractivity contribution in [2.75, 3.05) is 11.5 Å². The summed E-state index contributed by atoms with van der Waals surface area (Å²) in [6.07, 6.45) is 3.13. The Morgan fingerprint density at radius 3 is 2.79 bits per heavy atom. The third kappa shape index (κ3) is 3.62. The maximum absolute atomic E-state index is 11.9. The van der Waals surface area contributed by atoms with Crippen LogP contribution in [0.4, 0.5) is 5.95 Å². The van der Waals surface area contributed by atoms with Gasteiger partial charge < -0.3 is 11.1 Å². The summed E-state index contributed by atoms with van der Waals surface area (Å²) in [5, 5.41) is 11.7. The van der Waals surface area contributed by atoms with E-state index in [1.54, 1.807) is 0 Å². The molecule has 1 aromatic heterocycles. The molecule has 0 aromatic carbocycles. The van der Waals surface area contributed by atoms with Gasteiger partial charge in [-0.2, -0.15) is 0 Å². The summed E-state index contributed by atoms with van der Waals surface area (Å²) in [4.78, 5) is 11.9. The molecule has 1 aromatic rings. The van der Waals surface area contributed by atoms with E-state index in [2.05, 4.69) is 22.4 Å². The molecule has 19 heavy (non-hydrogen) atoms. The van der Waals surface area contributed by atoms with Crippen LogP contribution in [0, 0.1) is 0 Å². The summed E-state index contributed by atoms with van der Waals surface area (Å²) >= 11 is 1.39. The Hall–Kier alpha value is -1.24. The van der Waals surface area contributed by atoms with E-state index in [4.69, 9.17) is 5.73 Å². The highest BCUT2D eigenvalue weighted by atomic mass is 32.2. The van der Waals surface area contributed by atoms with Crippen molar-refractivity contribution in [3.05, 3.63) is 0 Å². The lowest BCUT2D eigenvalue weighted by Crippen LogP contribution is -2.43. The Morgan fingerprint density at radius 2 is 2.21 bits per heavy atom. The molecule has 0 spiro atoms. The Bertz CT molecular complexity index is 467. The smallest absolute Gasteiger partial charge is 0.230 e. The van der Waals surface area contributed by atoms with E-state index in [0.717, 1.165) is 24.4 Å². The second-order valence-electron chi connectivity index (χ2n) is 5.52. The molecular formula is C12H21N5OS. The molecule has 106 valence electrons. The van der Waals surface area contributed by atoms with E-state index in [0.29, 0.717) is 17.7 Å².